The Labute approximate surface area is 126 Å². The maximum Gasteiger partial charge on any atom is 0.408 e. The molecular weight excluding hydrogens is 333 g/mol. The maximum absolute atomic E-state index is 12.3. The van der Waals surface area contributed by atoms with Crippen LogP contribution in [0.3, 0.4) is 0 Å². The molecule has 6 nitrogen and oxygen atoms in total. The van der Waals surface area contributed by atoms with Gasteiger partial charge in [-0.2, -0.15) is 22.6 Å². The lowest BCUT2D eigenvalue weighted by molar-refractivity contribution is -0.142. The SMILES string of the molecule is Cl.NCC1CCCN1S(=O)(=O)c1cnn(CC(F)(F)F)c1. The number of sulfonamides is 1. The summed E-state index contributed by atoms with van der Waals surface area (Å²) in [6.45, 7) is -0.798. The van der Waals surface area contributed by atoms with Crippen molar-refractivity contribution in [3.05, 3.63) is 12.4 Å². The van der Waals surface area contributed by atoms with Crippen LogP contribution >= 0.6 is 12.4 Å². The molecule has 0 amide bonds. The molecular formula is C10H16ClF3N4O2S. The van der Waals surface area contributed by atoms with E-state index in [0.29, 0.717) is 24.1 Å². The highest BCUT2D eigenvalue weighted by molar-refractivity contribution is 7.89. The lowest BCUT2D eigenvalue weighted by Crippen LogP contribution is -2.39. The zero-order valence-corrected chi connectivity index (χ0v) is 12.6. The van der Waals surface area contributed by atoms with Crippen LogP contribution in [0.4, 0.5) is 13.2 Å². The van der Waals surface area contributed by atoms with E-state index in [0.717, 1.165) is 12.4 Å². The highest BCUT2D eigenvalue weighted by Crippen LogP contribution is 2.26. The van der Waals surface area contributed by atoms with Crippen LogP contribution in [-0.4, -0.2) is 47.8 Å². The maximum atomic E-state index is 12.3. The van der Waals surface area contributed by atoms with Crippen molar-refractivity contribution in [1.29, 1.82) is 0 Å². The third-order valence-corrected chi connectivity index (χ3v) is 5.06. The van der Waals surface area contributed by atoms with Crippen molar-refractivity contribution in [1.82, 2.24) is 14.1 Å². The predicted octanol–water partition coefficient (Wildman–Crippen LogP) is 0.979. The summed E-state index contributed by atoms with van der Waals surface area (Å²) in [5.74, 6) is 0. The van der Waals surface area contributed by atoms with E-state index in [1.165, 1.54) is 4.31 Å². The molecule has 1 aromatic heterocycles. The number of aromatic nitrogens is 2. The Morgan fingerprint density at radius 2 is 2.10 bits per heavy atom. The van der Waals surface area contributed by atoms with E-state index < -0.39 is 22.7 Å². The number of alkyl halides is 3. The van der Waals surface area contributed by atoms with E-state index in [1.54, 1.807) is 0 Å². The summed E-state index contributed by atoms with van der Waals surface area (Å²) in [4.78, 5) is -0.234. The molecule has 122 valence electrons. The molecule has 1 aromatic rings. The molecule has 1 aliphatic heterocycles. The van der Waals surface area contributed by atoms with Crippen LogP contribution in [0, 0.1) is 0 Å². The van der Waals surface area contributed by atoms with E-state index in [2.05, 4.69) is 5.10 Å². The van der Waals surface area contributed by atoms with Gasteiger partial charge >= 0.3 is 6.18 Å². The summed E-state index contributed by atoms with van der Waals surface area (Å²) in [7, 11) is -3.83. The van der Waals surface area contributed by atoms with Crippen LogP contribution < -0.4 is 5.73 Å². The van der Waals surface area contributed by atoms with Gasteiger partial charge in [-0.1, -0.05) is 0 Å². The monoisotopic (exact) mass is 348 g/mol. The van der Waals surface area contributed by atoms with Crippen LogP contribution in [0.5, 0.6) is 0 Å². The van der Waals surface area contributed by atoms with Gasteiger partial charge in [-0.05, 0) is 12.8 Å². The Hall–Kier alpha value is -0.840. The quantitative estimate of drug-likeness (QED) is 0.879. The van der Waals surface area contributed by atoms with E-state index in [4.69, 9.17) is 5.73 Å². The fourth-order valence-electron chi connectivity index (χ4n) is 2.24. The molecule has 0 spiro atoms. The summed E-state index contributed by atoms with van der Waals surface area (Å²) in [6, 6.07) is -0.300. The molecule has 2 N–H and O–H groups in total. The van der Waals surface area contributed by atoms with Crippen molar-refractivity contribution in [2.24, 2.45) is 5.73 Å². The second-order valence-corrected chi connectivity index (χ2v) is 6.53. The minimum absolute atomic E-state index is 0. The van der Waals surface area contributed by atoms with Crippen LogP contribution in [0.15, 0.2) is 17.3 Å². The van der Waals surface area contributed by atoms with Crippen molar-refractivity contribution in [3.8, 4) is 0 Å². The summed E-state index contributed by atoms with van der Waals surface area (Å²) in [5, 5.41) is 3.45. The van der Waals surface area contributed by atoms with E-state index in [9.17, 15) is 21.6 Å². The van der Waals surface area contributed by atoms with Gasteiger partial charge in [0.15, 0.2) is 0 Å². The van der Waals surface area contributed by atoms with Crippen molar-refractivity contribution in [3.63, 3.8) is 0 Å². The first-order valence-corrected chi connectivity index (χ1v) is 7.49. The van der Waals surface area contributed by atoms with Crippen molar-refractivity contribution >= 4 is 22.4 Å². The molecule has 1 saturated heterocycles. The third-order valence-electron chi connectivity index (χ3n) is 3.15. The molecule has 21 heavy (non-hydrogen) atoms. The molecule has 0 aromatic carbocycles. The second-order valence-electron chi connectivity index (χ2n) is 4.64. The zero-order valence-electron chi connectivity index (χ0n) is 11.0. The zero-order chi connectivity index (χ0) is 15.0. The Morgan fingerprint density at radius 3 is 2.67 bits per heavy atom. The largest absolute Gasteiger partial charge is 0.408 e. The molecule has 0 radical (unpaired) electrons. The van der Waals surface area contributed by atoms with Crippen molar-refractivity contribution in [2.45, 2.75) is 36.5 Å². The number of rotatable bonds is 4. The molecule has 0 saturated carbocycles. The Bertz CT molecular complexity index is 575. The van der Waals surface area contributed by atoms with E-state index in [1.807, 2.05) is 0 Å². The second kappa shape index (κ2) is 6.51. The number of hydrogen-bond donors (Lipinski definition) is 1. The first kappa shape index (κ1) is 18.2. The predicted molar refractivity (Wildman–Crippen MR) is 71.5 cm³/mol. The molecule has 0 bridgehead atoms. The average molecular weight is 349 g/mol. The molecule has 11 heteroatoms. The lowest BCUT2D eigenvalue weighted by atomic mass is 10.2. The topological polar surface area (TPSA) is 81.2 Å². The highest BCUT2D eigenvalue weighted by atomic mass is 35.5. The summed E-state index contributed by atoms with van der Waals surface area (Å²) in [6.07, 6.45) is -1.26. The fraction of sp³-hybridized carbons (Fsp3) is 0.700. The molecule has 2 rings (SSSR count). The van der Waals surface area contributed by atoms with E-state index in [-0.39, 0.29) is 29.9 Å². The molecule has 1 fully saturated rings. The highest BCUT2D eigenvalue weighted by Gasteiger charge is 2.36. The Kier molecular flexibility index (Phi) is 5.64. The van der Waals surface area contributed by atoms with Gasteiger partial charge in [-0.15, -0.1) is 12.4 Å². The molecule has 0 aliphatic carbocycles. The summed E-state index contributed by atoms with van der Waals surface area (Å²) >= 11 is 0. The number of nitrogens with two attached hydrogens (primary N) is 1. The Morgan fingerprint density at radius 1 is 1.43 bits per heavy atom. The standard InChI is InChI=1S/C10H15F3N4O2S.ClH/c11-10(12,13)7-16-6-9(5-15-16)20(18,19)17-3-1-2-8(17)4-14;/h5-6,8H,1-4,7,14H2;1H. The van der Waals surface area contributed by atoms with Gasteiger partial charge in [0.1, 0.15) is 11.4 Å². The number of nitrogens with zero attached hydrogens (tertiary/aromatic N) is 3. The van der Waals surface area contributed by atoms with Gasteiger partial charge in [-0.25, -0.2) is 8.42 Å². The van der Waals surface area contributed by atoms with Crippen LogP contribution in [-0.2, 0) is 16.6 Å². The molecule has 2 heterocycles. The van der Waals surface area contributed by atoms with Gasteiger partial charge < -0.3 is 5.73 Å². The van der Waals surface area contributed by atoms with Crippen LogP contribution in [0.2, 0.25) is 0 Å². The van der Waals surface area contributed by atoms with Crippen LogP contribution in [0.1, 0.15) is 12.8 Å². The summed E-state index contributed by atoms with van der Waals surface area (Å²) in [5.41, 5.74) is 5.51. The minimum atomic E-state index is -4.44. The number of halogens is 4. The van der Waals surface area contributed by atoms with E-state index >= 15 is 0 Å². The van der Waals surface area contributed by atoms with Gasteiger partial charge in [0.25, 0.3) is 0 Å². The van der Waals surface area contributed by atoms with Gasteiger partial charge in [0.05, 0.1) is 6.20 Å². The number of hydrogen-bond acceptors (Lipinski definition) is 4. The van der Waals surface area contributed by atoms with Crippen LogP contribution in [0.25, 0.3) is 0 Å². The smallest absolute Gasteiger partial charge is 0.329 e. The first-order chi connectivity index (χ1) is 9.24. The Balaban J connectivity index is 0.00000220. The van der Waals surface area contributed by atoms with Gasteiger partial charge in [-0.3, -0.25) is 4.68 Å². The van der Waals surface area contributed by atoms with Crippen molar-refractivity contribution < 1.29 is 21.6 Å². The van der Waals surface area contributed by atoms with Crippen molar-refractivity contribution in [2.75, 3.05) is 13.1 Å². The normalized spacial score (nSPS) is 20.5. The van der Waals surface area contributed by atoms with Gasteiger partial charge in [0, 0.05) is 25.3 Å². The first-order valence-electron chi connectivity index (χ1n) is 6.05. The molecule has 1 atom stereocenters. The average Bonchev–Trinajstić information content (AvgIpc) is 2.94. The fourth-order valence-corrected chi connectivity index (χ4v) is 3.90. The minimum Gasteiger partial charge on any atom is -0.329 e. The summed E-state index contributed by atoms with van der Waals surface area (Å²) < 4.78 is 63.1. The third kappa shape index (κ3) is 4.09. The van der Waals surface area contributed by atoms with Gasteiger partial charge in [0.2, 0.25) is 10.0 Å². The molecule has 1 unspecified atom stereocenters. The lowest BCUT2D eigenvalue weighted by Gasteiger charge is -2.21. The molecule has 1 aliphatic rings.